The average Bonchev–Trinajstić information content (AvgIpc) is 2.84. The number of rotatable bonds is 5. The Morgan fingerprint density at radius 1 is 1.41 bits per heavy atom. The smallest absolute Gasteiger partial charge is 0.0495 e. The van der Waals surface area contributed by atoms with Crippen LogP contribution in [0.25, 0.3) is 0 Å². The van der Waals surface area contributed by atoms with E-state index < -0.39 is 0 Å². The van der Waals surface area contributed by atoms with Gasteiger partial charge in [0.05, 0.1) is 0 Å². The Hall–Kier alpha value is -0.380. The summed E-state index contributed by atoms with van der Waals surface area (Å²) in [5.74, 6) is 0.739. The molecule has 1 N–H and O–H groups in total. The quantitative estimate of drug-likeness (QED) is 0.902. The van der Waals surface area contributed by atoms with Crippen molar-refractivity contribution in [2.75, 3.05) is 20.3 Å². The van der Waals surface area contributed by atoms with Crippen LogP contribution < -0.4 is 5.32 Å². The van der Waals surface area contributed by atoms with E-state index in [-0.39, 0.29) is 0 Å². The van der Waals surface area contributed by atoms with Crippen LogP contribution >= 0.6 is 15.9 Å². The molecule has 2 atom stereocenters. The van der Waals surface area contributed by atoms with Gasteiger partial charge in [-0.2, -0.15) is 0 Å². The first-order valence-electron chi connectivity index (χ1n) is 6.27. The molecule has 0 bridgehead atoms. The van der Waals surface area contributed by atoms with Crippen LogP contribution in [0, 0.1) is 5.92 Å². The Balaban J connectivity index is 1.87. The van der Waals surface area contributed by atoms with Gasteiger partial charge >= 0.3 is 0 Å². The summed E-state index contributed by atoms with van der Waals surface area (Å²) in [6.45, 7) is 1.89. The highest BCUT2D eigenvalue weighted by atomic mass is 79.9. The molecule has 1 aromatic rings. The van der Waals surface area contributed by atoms with Gasteiger partial charge in [0, 0.05) is 23.7 Å². The number of nitrogens with one attached hydrogen (secondary N) is 1. The van der Waals surface area contributed by atoms with Crippen molar-refractivity contribution in [3.8, 4) is 0 Å². The van der Waals surface area contributed by atoms with E-state index in [1.54, 1.807) is 0 Å². The lowest BCUT2D eigenvalue weighted by Crippen LogP contribution is -2.30. The van der Waals surface area contributed by atoms with Crippen molar-refractivity contribution in [2.24, 2.45) is 5.92 Å². The third-order valence-corrected chi connectivity index (χ3v) is 3.97. The Bertz CT molecular complexity index is 333. The molecule has 2 rings (SSSR count). The topological polar surface area (TPSA) is 21.3 Å². The predicted molar refractivity (Wildman–Crippen MR) is 74.2 cm³/mol. The van der Waals surface area contributed by atoms with Crippen molar-refractivity contribution in [2.45, 2.75) is 25.3 Å². The van der Waals surface area contributed by atoms with Crippen molar-refractivity contribution in [1.29, 1.82) is 0 Å². The largest absolute Gasteiger partial charge is 0.381 e. The van der Waals surface area contributed by atoms with Crippen LogP contribution in [0.1, 0.15) is 18.4 Å². The van der Waals surface area contributed by atoms with E-state index >= 15 is 0 Å². The molecule has 0 radical (unpaired) electrons. The Morgan fingerprint density at radius 3 is 2.76 bits per heavy atom. The summed E-state index contributed by atoms with van der Waals surface area (Å²) < 4.78 is 6.58. The summed E-state index contributed by atoms with van der Waals surface area (Å²) >= 11 is 3.47. The first kappa shape index (κ1) is 13.1. The monoisotopic (exact) mass is 297 g/mol. The predicted octanol–water partition coefficient (Wildman–Crippen LogP) is 3.01. The van der Waals surface area contributed by atoms with Crippen molar-refractivity contribution in [3.05, 3.63) is 34.3 Å². The first-order valence-corrected chi connectivity index (χ1v) is 7.06. The second-order valence-corrected chi connectivity index (χ2v) is 5.70. The molecule has 1 fully saturated rings. The number of ether oxygens (including phenoxy) is 1. The van der Waals surface area contributed by atoms with E-state index in [0.29, 0.717) is 6.04 Å². The lowest BCUT2D eigenvalue weighted by molar-refractivity contribution is 0.181. The highest BCUT2D eigenvalue weighted by Crippen LogP contribution is 2.20. The number of hydrogen-bond acceptors (Lipinski definition) is 2. The lowest BCUT2D eigenvalue weighted by atomic mass is 9.95. The Labute approximate surface area is 112 Å². The molecule has 1 aromatic carbocycles. The van der Waals surface area contributed by atoms with Gasteiger partial charge in [-0.05, 0) is 49.9 Å². The van der Waals surface area contributed by atoms with E-state index in [9.17, 15) is 0 Å². The maximum absolute atomic E-state index is 5.43. The molecule has 2 unspecified atom stereocenters. The zero-order valence-electron chi connectivity index (χ0n) is 10.3. The second-order valence-electron chi connectivity index (χ2n) is 4.78. The fourth-order valence-corrected chi connectivity index (χ4v) is 2.64. The maximum atomic E-state index is 5.43. The molecule has 0 aromatic heterocycles. The normalized spacial score (nSPS) is 21.6. The molecule has 0 spiro atoms. The van der Waals surface area contributed by atoms with Crippen LogP contribution in [-0.4, -0.2) is 26.3 Å². The van der Waals surface area contributed by atoms with Crippen LogP contribution in [0.15, 0.2) is 28.7 Å². The van der Waals surface area contributed by atoms with E-state index in [0.717, 1.165) is 30.0 Å². The Morgan fingerprint density at radius 2 is 2.18 bits per heavy atom. The summed E-state index contributed by atoms with van der Waals surface area (Å²) in [7, 11) is 2.05. The fraction of sp³-hybridized carbons (Fsp3) is 0.571. The van der Waals surface area contributed by atoms with Gasteiger partial charge in [0.15, 0.2) is 0 Å². The zero-order chi connectivity index (χ0) is 12.1. The standard InChI is InChI=1S/C14H20BrNO/c1-16-14(9-12-6-7-17-10-12)8-11-2-4-13(15)5-3-11/h2-5,12,14,16H,6-10H2,1H3. The van der Waals surface area contributed by atoms with Crippen LogP contribution in [-0.2, 0) is 11.2 Å². The van der Waals surface area contributed by atoms with Crippen molar-refractivity contribution in [3.63, 3.8) is 0 Å². The molecule has 1 saturated heterocycles. The molecule has 0 aliphatic carbocycles. The van der Waals surface area contributed by atoms with Gasteiger partial charge in [0.1, 0.15) is 0 Å². The molecular formula is C14H20BrNO. The van der Waals surface area contributed by atoms with Gasteiger partial charge in [0.25, 0.3) is 0 Å². The van der Waals surface area contributed by atoms with Crippen LogP contribution in [0.4, 0.5) is 0 Å². The summed E-state index contributed by atoms with van der Waals surface area (Å²) in [6.07, 6.45) is 3.53. The Kier molecular flexibility index (Phi) is 5.01. The number of likely N-dealkylation sites (N-methyl/N-ethyl adjacent to an activating group) is 1. The number of hydrogen-bond donors (Lipinski definition) is 1. The molecule has 17 heavy (non-hydrogen) atoms. The zero-order valence-corrected chi connectivity index (χ0v) is 11.9. The minimum atomic E-state index is 0.558. The van der Waals surface area contributed by atoms with Gasteiger partial charge in [-0.3, -0.25) is 0 Å². The van der Waals surface area contributed by atoms with Gasteiger partial charge in [-0.15, -0.1) is 0 Å². The minimum Gasteiger partial charge on any atom is -0.381 e. The molecule has 0 saturated carbocycles. The van der Waals surface area contributed by atoms with Crippen LogP contribution in [0.5, 0.6) is 0 Å². The molecule has 1 aliphatic rings. The van der Waals surface area contributed by atoms with E-state index in [1.165, 1.54) is 18.4 Å². The first-order chi connectivity index (χ1) is 8.28. The van der Waals surface area contributed by atoms with Gasteiger partial charge in [0.2, 0.25) is 0 Å². The molecule has 3 heteroatoms. The molecule has 1 aliphatic heterocycles. The number of benzene rings is 1. The van der Waals surface area contributed by atoms with Gasteiger partial charge < -0.3 is 10.1 Å². The fourth-order valence-electron chi connectivity index (χ4n) is 2.38. The van der Waals surface area contributed by atoms with Crippen molar-refractivity contribution in [1.82, 2.24) is 5.32 Å². The molecule has 94 valence electrons. The summed E-state index contributed by atoms with van der Waals surface area (Å²) in [4.78, 5) is 0. The van der Waals surface area contributed by atoms with Gasteiger partial charge in [-0.1, -0.05) is 28.1 Å². The maximum Gasteiger partial charge on any atom is 0.0495 e. The summed E-state index contributed by atoms with van der Waals surface area (Å²) in [5.41, 5.74) is 1.39. The minimum absolute atomic E-state index is 0.558. The molecule has 0 amide bonds. The SMILES string of the molecule is CNC(Cc1ccc(Br)cc1)CC1CCOC1. The molecule has 2 nitrogen and oxygen atoms in total. The third kappa shape index (κ3) is 4.09. The lowest BCUT2D eigenvalue weighted by Gasteiger charge is -2.19. The van der Waals surface area contributed by atoms with E-state index in [4.69, 9.17) is 4.74 Å². The van der Waals surface area contributed by atoms with Crippen LogP contribution in [0.2, 0.25) is 0 Å². The van der Waals surface area contributed by atoms with E-state index in [1.807, 2.05) is 0 Å². The average molecular weight is 298 g/mol. The highest BCUT2D eigenvalue weighted by molar-refractivity contribution is 9.10. The van der Waals surface area contributed by atoms with Gasteiger partial charge in [-0.25, -0.2) is 0 Å². The molecule has 1 heterocycles. The second kappa shape index (κ2) is 6.53. The van der Waals surface area contributed by atoms with Crippen molar-refractivity contribution < 1.29 is 4.74 Å². The number of halogens is 1. The highest BCUT2D eigenvalue weighted by Gasteiger charge is 2.19. The molecular weight excluding hydrogens is 278 g/mol. The summed E-state index contributed by atoms with van der Waals surface area (Å²) in [6, 6.07) is 9.17. The summed E-state index contributed by atoms with van der Waals surface area (Å²) in [5, 5.41) is 3.42. The third-order valence-electron chi connectivity index (χ3n) is 3.45. The van der Waals surface area contributed by atoms with Crippen LogP contribution in [0.3, 0.4) is 0 Å². The van der Waals surface area contributed by atoms with E-state index in [2.05, 4.69) is 52.6 Å². The van der Waals surface area contributed by atoms with Crippen molar-refractivity contribution >= 4 is 15.9 Å².